The third kappa shape index (κ3) is 4.33. The highest BCUT2D eigenvalue weighted by molar-refractivity contribution is 5.91. The predicted octanol–water partition coefficient (Wildman–Crippen LogP) is 1.54. The molecule has 0 aliphatic carbocycles. The number of piperidine rings is 1. The maximum absolute atomic E-state index is 12.7. The van der Waals surface area contributed by atoms with Gasteiger partial charge in [-0.15, -0.1) is 17.5 Å². The number of ether oxygens (including phenoxy) is 2. The molecule has 2 aromatic rings. The number of nitrogens with zero attached hydrogens (tertiary/aromatic N) is 4. The van der Waals surface area contributed by atoms with Crippen LogP contribution in [0, 0.1) is 0 Å². The van der Waals surface area contributed by atoms with Gasteiger partial charge in [0.15, 0.2) is 23.3 Å². The van der Waals surface area contributed by atoms with E-state index in [0.717, 1.165) is 31.7 Å². The summed E-state index contributed by atoms with van der Waals surface area (Å²) in [7, 11) is 1.75. The van der Waals surface area contributed by atoms with Crippen LogP contribution in [0.15, 0.2) is 30.5 Å². The third-order valence-electron chi connectivity index (χ3n) is 4.80. The van der Waals surface area contributed by atoms with Crippen LogP contribution in [0.3, 0.4) is 0 Å². The zero-order valence-corrected chi connectivity index (χ0v) is 16.0. The number of carbonyl (C=O) groups is 1. The van der Waals surface area contributed by atoms with Crippen molar-refractivity contribution >= 4 is 18.3 Å². The molecule has 8 nitrogen and oxygen atoms in total. The van der Waals surface area contributed by atoms with Gasteiger partial charge in [0.1, 0.15) is 6.61 Å². The number of carbonyl (C=O) groups excluding carboxylic acids is 1. The van der Waals surface area contributed by atoms with Gasteiger partial charge < -0.3 is 19.7 Å². The maximum Gasteiger partial charge on any atom is 0.275 e. The second-order valence-corrected chi connectivity index (χ2v) is 6.75. The molecule has 0 saturated carbocycles. The van der Waals surface area contributed by atoms with E-state index in [1.807, 2.05) is 28.9 Å². The molecule has 1 fully saturated rings. The molecule has 2 aliphatic rings. The highest BCUT2D eigenvalue weighted by Gasteiger charge is 2.26. The van der Waals surface area contributed by atoms with Crippen molar-refractivity contribution in [1.29, 1.82) is 0 Å². The lowest BCUT2D eigenvalue weighted by Crippen LogP contribution is -2.41. The van der Waals surface area contributed by atoms with E-state index in [-0.39, 0.29) is 24.4 Å². The van der Waals surface area contributed by atoms with E-state index in [4.69, 9.17) is 9.47 Å². The van der Waals surface area contributed by atoms with Crippen LogP contribution in [0.25, 0.3) is 0 Å². The van der Waals surface area contributed by atoms with E-state index in [9.17, 15) is 4.79 Å². The quantitative estimate of drug-likeness (QED) is 0.848. The lowest BCUT2D eigenvalue weighted by Gasteiger charge is -2.29. The van der Waals surface area contributed by atoms with Gasteiger partial charge in [0.05, 0.1) is 18.8 Å². The molecule has 3 heterocycles. The van der Waals surface area contributed by atoms with Crippen LogP contribution in [0.4, 0.5) is 0 Å². The number of para-hydroxylation sites is 2. The van der Waals surface area contributed by atoms with Crippen LogP contribution in [0.5, 0.6) is 11.5 Å². The minimum absolute atomic E-state index is 0. The molecule has 0 bridgehead atoms. The van der Waals surface area contributed by atoms with Crippen molar-refractivity contribution in [3.63, 3.8) is 0 Å². The van der Waals surface area contributed by atoms with E-state index in [2.05, 4.69) is 15.6 Å². The third-order valence-corrected chi connectivity index (χ3v) is 4.80. The Bertz CT molecular complexity index is 778. The van der Waals surface area contributed by atoms with Crippen LogP contribution in [-0.2, 0) is 0 Å². The van der Waals surface area contributed by atoms with Gasteiger partial charge in [-0.3, -0.25) is 4.79 Å². The van der Waals surface area contributed by atoms with Crippen LogP contribution in [-0.4, -0.2) is 65.2 Å². The fourth-order valence-corrected chi connectivity index (χ4v) is 3.36. The number of rotatable bonds is 4. The van der Waals surface area contributed by atoms with Crippen LogP contribution < -0.4 is 14.8 Å². The molecule has 9 heteroatoms. The van der Waals surface area contributed by atoms with E-state index in [0.29, 0.717) is 30.6 Å². The number of likely N-dealkylation sites (N-methyl/N-ethyl adjacent to an activating group) is 1. The fraction of sp³-hybridized carbons (Fsp3) is 0.500. The lowest BCUT2D eigenvalue weighted by molar-refractivity contribution is 0.0517. The molecule has 4 rings (SSSR count). The highest BCUT2D eigenvalue weighted by Crippen LogP contribution is 2.31. The van der Waals surface area contributed by atoms with Crippen molar-refractivity contribution in [2.24, 2.45) is 0 Å². The Morgan fingerprint density at radius 3 is 2.81 bits per heavy atom. The van der Waals surface area contributed by atoms with Crippen molar-refractivity contribution < 1.29 is 14.3 Å². The molecule has 1 aromatic carbocycles. The zero-order chi connectivity index (χ0) is 17.9. The first-order valence-electron chi connectivity index (χ1n) is 8.97. The summed E-state index contributed by atoms with van der Waals surface area (Å²) in [4.78, 5) is 14.3. The molecule has 1 atom stereocenters. The Hall–Kier alpha value is -2.32. The molecule has 146 valence electrons. The van der Waals surface area contributed by atoms with E-state index < -0.39 is 0 Å². The number of hydrogen-bond donors (Lipinski definition) is 1. The minimum atomic E-state index is -0.210. The van der Waals surface area contributed by atoms with Crippen molar-refractivity contribution in [3.8, 4) is 11.5 Å². The van der Waals surface area contributed by atoms with E-state index in [1.165, 1.54) is 0 Å². The minimum Gasteiger partial charge on any atom is -0.486 e. The number of nitrogens with one attached hydrogen (secondary N) is 1. The summed E-state index contributed by atoms with van der Waals surface area (Å²) in [5.74, 6) is 1.29. The van der Waals surface area contributed by atoms with Crippen molar-refractivity contribution in [1.82, 2.24) is 25.2 Å². The number of halogens is 1. The molecule has 1 amide bonds. The summed E-state index contributed by atoms with van der Waals surface area (Å²) >= 11 is 0. The van der Waals surface area contributed by atoms with Gasteiger partial charge in [0.2, 0.25) is 0 Å². The van der Waals surface area contributed by atoms with E-state index >= 15 is 0 Å². The van der Waals surface area contributed by atoms with Gasteiger partial charge in [0, 0.05) is 7.05 Å². The average Bonchev–Trinajstić information content (AvgIpc) is 3.18. The first-order chi connectivity index (χ1) is 12.7. The topological polar surface area (TPSA) is 81.5 Å². The monoisotopic (exact) mass is 393 g/mol. The standard InChI is InChI=1S/C18H23N5O3.ClH/c1-22(10-14-12-25-16-4-2-3-5-17(16)26-14)18(24)15-11-23(21-20-15)13-6-8-19-9-7-13;/h2-5,11,13-14,19H,6-10,12H2,1H3;1H. The van der Waals surface area contributed by atoms with Crippen LogP contribution in [0.1, 0.15) is 29.4 Å². The number of fused-ring (bicyclic) bond motifs is 1. The molecule has 1 saturated heterocycles. The van der Waals surface area contributed by atoms with Gasteiger partial charge >= 0.3 is 0 Å². The first kappa shape index (κ1) is 19.4. The Morgan fingerprint density at radius 1 is 1.30 bits per heavy atom. The average molecular weight is 394 g/mol. The molecule has 1 aromatic heterocycles. The number of hydrogen-bond acceptors (Lipinski definition) is 6. The van der Waals surface area contributed by atoms with Crippen molar-refractivity contribution in [2.45, 2.75) is 25.0 Å². The molecule has 27 heavy (non-hydrogen) atoms. The molecule has 2 aliphatic heterocycles. The number of aromatic nitrogens is 3. The SMILES string of the molecule is CN(CC1COc2ccccc2O1)C(=O)c1cn(C2CCNCC2)nn1.Cl. The van der Waals surface area contributed by atoms with Gasteiger partial charge in [0.25, 0.3) is 5.91 Å². The summed E-state index contributed by atoms with van der Waals surface area (Å²) in [5.41, 5.74) is 0.364. The molecule has 0 radical (unpaired) electrons. The Kier molecular flexibility index (Phi) is 6.18. The summed E-state index contributed by atoms with van der Waals surface area (Å²) in [5, 5.41) is 11.5. The Morgan fingerprint density at radius 2 is 2.04 bits per heavy atom. The summed E-state index contributed by atoms with van der Waals surface area (Å²) < 4.78 is 13.4. The van der Waals surface area contributed by atoms with Gasteiger partial charge in [-0.25, -0.2) is 4.68 Å². The molecule has 1 unspecified atom stereocenters. The lowest BCUT2D eigenvalue weighted by atomic mass is 10.1. The van der Waals surface area contributed by atoms with Crippen LogP contribution >= 0.6 is 12.4 Å². The summed E-state index contributed by atoms with van der Waals surface area (Å²) in [6.07, 6.45) is 3.54. The Balaban J connectivity index is 0.00000210. The van der Waals surface area contributed by atoms with Gasteiger partial charge in [-0.1, -0.05) is 17.3 Å². The maximum atomic E-state index is 12.7. The smallest absolute Gasteiger partial charge is 0.275 e. The summed E-state index contributed by atoms with van der Waals surface area (Å²) in [6.45, 7) is 2.77. The number of benzene rings is 1. The van der Waals surface area contributed by atoms with Crippen molar-refractivity contribution in [2.75, 3.05) is 33.3 Å². The van der Waals surface area contributed by atoms with Crippen molar-refractivity contribution in [3.05, 3.63) is 36.2 Å². The molecular weight excluding hydrogens is 370 g/mol. The largest absolute Gasteiger partial charge is 0.486 e. The fourth-order valence-electron chi connectivity index (χ4n) is 3.36. The normalized spacial score (nSPS) is 19.2. The van der Waals surface area contributed by atoms with Gasteiger partial charge in [-0.05, 0) is 38.1 Å². The summed E-state index contributed by atoms with van der Waals surface area (Å²) in [6, 6.07) is 7.86. The number of amides is 1. The second kappa shape index (κ2) is 8.58. The van der Waals surface area contributed by atoms with Crippen LogP contribution in [0.2, 0.25) is 0 Å². The first-order valence-corrected chi connectivity index (χ1v) is 8.97. The highest BCUT2D eigenvalue weighted by atomic mass is 35.5. The second-order valence-electron chi connectivity index (χ2n) is 6.75. The molecule has 1 N–H and O–H groups in total. The predicted molar refractivity (Wildman–Crippen MR) is 102 cm³/mol. The Labute approximate surface area is 164 Å². The zero-order valence-electron chi connectivity index (χ0n) is 15.2. The van der Waals surface area contributed by atoms with E-state index in [1.54, 1.807) is 18.1 Å². The molecule has 0 spiro atoms. The molecular formula is C18H24ClN5O3. The van der Waals surface area contributed by atoms with Gasteiger partial charge in [-0.2, -0.15) is 0 Å².